The third kappa shape index (κ3) is 2.40. The van der Waals surface area contributed by atoms with Crippen LogP contribution in [-0.4, -0.2) is 30.2 Å². The van der Waals surface area contributed by atoms with Crippen LogP contribution in [0.4, 0.5) is 0 Å². The number of hydrogen-bond donors (Lipinski definition) is 1. The Balaban J connectivity index is 2.21. The Bertz CT molecular complexity index is 417. The SMILES string of the molecule is COC(C)(C)C(=O)N1NCCC1c1ccccc1. The molecule has 1 aromatic rings. The van der Waals surface area contributed by atoms with E-state index < -0.39 is 5.60 Å². The summed E-state index contributed by atoms with van der Waals surface area (Å²) in [5.41, 5.74) is 3.50. The van der Waals surface area contributed by atoms with Gasteiger partial charge in [0, 0.05) is 13.7 Å². The molecule has 1 aliphatic heterocycles. The lowest BCUT2D eigenvalue weighted by atomic mass is 10.0. The molecule has 1 fully saturated rings. The molecule has 1 atom stereocenters. The molecule has 1 heterocycles. The highest BCUT2D eigenvalue weighted by Crippen LogP contribution is 2.29. The minimum Gasteiger partial charge on any atom is -0.369 e. The van der Waals surface area contributed by atoms with Gasteiger partial charge in [-0.05, 0) is 25.8 Å². The molecule has 0 bridgehead atoms. The molecule has 0 spiro atoms. The van der Waals surface area contributed by atoms with Crippen molar-refractivity contribution in [3.05, 3.63) is 35.9 Å². The zero-order chi connectivity index (χ0) is 13.2. The highest BCUT2D eigenvalue weighted by Gasteiger charge is 2.38. The van der Waals surface area contributed by atoms with Gasteiger partial charge < -0.3 is 4.74 Å². The number of amides is 1. The summed E-state index contributed by atoms with van der Waals surface area (Å²) in [6.45, 7) is 4.39. The van der Waals surface area contributed by atoms with Gasteiger partial charge in [-0.2, -0.15) is 0 Å². The average Bonchev–Trinajstić information content (AvgIpc) is 2.87. The Morgan fingerprint density at radius 3 is 2.67 bits per heavy atom. The maximum absolute atomic E-state index is 12.4. The normalized spacial score (nSPS) is 20.2. The van der Waals surface area contributed by atoms with E-state index in [9.17, 15) is 4.79 Å². The Kier molecular flexibility index (Phi) is 3.68. The third-order valence-electron chi connectivity index (χ3n) is 3.44. The number of nitrogens with one attached hydrogen (secondary N) is 1. The molecule has 1 unspecified atom stereocenters. The molecular weight excluding hydrogens is 228 g/mol. The number of ether oxygens (including phenoxy) is 1. The second-order valence-corrected chi connectivity index (χ2v) is 5.01. The minimum atomic E-state index is -0.801. The van der Waals surface area contributed by atoms with Gasteiger partial charge in [-0.15, -0.1) is 0 Å². The van der Waals surface area contributed by atoms with Crippen LogP contribution in [0.25, 0.3) is 0 Å². The lowest BCUT2D eigenvalue weighted by molar-refractivity contribution is -0.155. The van der Waals surface area contributed by atoms with Crippen molar-refractivity contribution >= 4 is 5.91 Å². The summed E-state index contributed by atoms with van der Waals surface area (Å²) in [5.74, 6) is -0.0312. The number of nitrogens with zero attached hydrogens (tertiary/aromatic N) is 1. The molecule has 1 N–H and O–H groups in total. The van der Waals surface area contributed by atoms with Crippen LogP contribution in [-0.2, 0) is 9.53 Å². The summed E-state index contributed by atoms with van der Waals surface area (Å²) >= 11 is 0. The average molecular weight is 248 g/mol. The molecule has 1 aromatic carbocycles. The van der Waals surface area contributed by atoms with Gasteiger partial charge in [0.15, 0.2) is 0 Å². The summed E-state index contributed by atoms with van der Waals surface area (Å²) in [7, 11) is 1.56. The van der Waals surface area contributed by atoms with Crippen LogP contribution in [0.5, 0.6) is 0 Å². The maximum atomic E-state index is 12.4. The van der Waals surface area contributed by atoms with E-state index >= 15 is 0 Å². The van der Waals surface area contributed by atoms with E-state index in [1.165, 1.54) is 0 Å². The molecule has 4 heteroatoms. The Morgan fingerprint density at radius 2 is 2.06 bits per heavy atom. The summed E-state index contributed by atoms with van der Waals surface area (Å²) in [5, 5.41) is 1.71. The number of hydrazine groups is 1. The Labute approximate surface area is 108 Å². The fourth-order valence-corrected chi connectivity index (χ4v) is 2.14. The molecule has 4 nitrogen and oxygen atoms in total. The summed E-state index contributed by atoms with van der Waals surface area (Å²) < 4.78 is 5.26. The number of benzene rings is 1. The van der Waals surface area contributed by atoms with E-state index in [0.29, 0.717) is 0 Å². The second-order valence-electron chi connectivity index (χ2n) is 5.01. The van der Waals surface area contributed by atoms with Crippen molar-refractivity contribution in [1.29, 1.82) is 0 Å². The van der Waals surface area contributed by atoms with Crippen molar-refractivity contribution in [2.45, 2.75) is 31.9 Å². The minimum absolute atomic E-state index is 0.0312. The fourth-order valence-electron chi connectivity index (χ4n) is 2.14. The molecule has 0 aromatic heterocycles. The predicted octanol–water partition coefficient (Wildman–Crippen LogP) is 1.89. The van der Waals surface area contributed by atoms with E-state index in [1.807, 2.05) is 18.2 Å². The van der Waals surface area contributed by atoms with Crippen LogP contribution in [0.1, 0.15) is 31.9 Å². The lowest BCUT2D eigenvalue weighted by Crippen LogP contribution is -2.50. The van der Waals surface area contributed by atoms with Crippen molar-refractivity contribution in [2.24, 2.45) is 0 Å². The first-order valence-electron chi connectivity index (χ1n) is 6.23. The first kappa shape index (κ1) is 13.1. The van der Waals surface area contributed by atoms with Crippen LogP contribution in [0.2, 0.25) is 0 Å². The molecule has 1 amide bonds. The number of hydrogen-bond acceptors (Lipinski definition) is 3. The summed E-state index contributed by atoms with van der Waals surface area (Å²) in [6, 6.07) is 10.2. The number of methoxy groups -OCH3 is 1. The summed E-state index contributed by atoms with van der Waals surface area (Å²) in [4.78, 5) is 12.4. The van der Waals surface area contributed by atoms with Crippen LogP contribution in [0.15, 0.2) is 30.3 Å². The lowest BCUT2D eigenvalue weighted by Gasteiger charge is -2.31. The maximum Gasteiger partial charge on any atom is 0.268 e. The van der Waals surface area contributed by atoms with Gasteiger partial charge >= 0.3 is 0 Å². The van der Waals surface area contributed by atoms with Gasteiger partial charge in [0.1, 0.15) is 5.60 Å². The predicted molar refractivity (Wildman–Crippen MR) is 69.7 cm³/mol. The number of carbonyl (C=O) groups is 1. The van der Waals surface area contributed by atoms with Crippen LogP contribution < -0.4 is 5.43 Å². The van der Waals surface area contributed by atoms with Crippen LogP contribution in [0.3, 0.4) is 0 Å². The van der Waals surface area contributed by atoms with E-state index in [0.717, 1.165) is 18.5 Å². The first-order chi connectivity index (χ1) is 8.56. The second kappa shape index (κ2) is 5.08. The Hall–Kier alpha value is -1.39. The largest absolute Gasteiger partial charge is 0.369 e. The van der Waals surface area contributed by atoms with Crippen molar-refractivity contribution in [3.63, 3.8) is 0 Å². The molecule has 0 radical (unpaired) electrons. The topological polar surface area (TPSA) is 41.6 Å². The van der Waals surface area contributed by atoms with Crippen molar-refractivity contribution < 1.29 is 9.53 Å². The molecule has 1 saturated heterocycles. The third-order valence-corrected chi connectivity index (χ3v) is 3.44. The first-order valence-corrected chi connectivity index (χ1v) is 6.23. The van der Waals surface area contributed by atoms with Gasteiger partial charge in [-0.3, -0.25) is 9.80 Å². The molecule has 1 aliphatic rings. The van der Waals surface area contributed by atoms with Crippen molar-refractivity contribution in [1.82, 2.24) is 10.4 Å². The highest BCUT2D eigenvalue weighted by molar-refractivity contribution is 5.84. The molecule has 0 saturated carbocycles. The van der Waals surface area contributed by atoms with Gasteiger partial charge in [-0.1, -0.05) is 30.3 Å². The van der Waals surface area contributed by atoms with Gasteiger partial charge in [0.25, 0.3) is 5.91 Å². The van der Waals surface area contributed by atoms with E-state index in [-0.39, 0.29) is 11.9 Å². The van der Waals surface area contributed by atoms with Crippen LogP contribution in [0, 0.1) is 0 Å². The standard InChI is InChI=1S/C14H20N2O2/c1-14(2,18-3)13(17)16-12(9-10-15-16)11-7-5-4-6-8-11/h4-8,12,15H,9-10H2,1-3H3. The smallest absolute Gasteiger partial charge is 0.268 e. The zero-order valence-electron chi connectivity index (χ0n) is 11.1. The number of rotatable bonds is 3. The molecular formula is C14H20N2O2. The quantitative estimate of drug-likeness (QED) is 0.888. The van der Waals surface area contributed by atoms with E-state index in [4.69, 9.17) is 4.74 Å². The summed E-state index contributed by atoms with van der Waals surface area (Å²) in [6.07, 6.45) is 0.926. The van der Waals surface area contributed by atoms with Gasteiger partial charge in [0.2, 0.25) is 0 Å². The van der Waals surface area contributed by atoms with Crippen molar-refractivity contribution in [3.8, 4) is 0 Å². The fraction of sp³-hybridized carbons (Fsp3) is 0.500. The van der Waals surface area contributed by atoms with Gasteiger partial charge in [-0.25, -0.2) is 5.43 Å². The van der Waals surface area contributed by atoms with E-state index in [2.05, 4.69) is 17.6 Å². The number of carbonyl (C=O) groups excluding carboxylic acids is 1. The molecule has 18 heavy (non-hydrogen) atoms. The molecule has 98 valence electrons. The van der Waals surface area contributed by atoms with Crippen LogP contribution >= 0.6 is 0 Å². The highest BCUT2D eigenvalue weighted by atomic mass is 16.5. The van der Waals surface area contributed by atoms with Crippen molar-refractivity contribution in [2.75, 3.05) is 13.7 Å². The van der Waals surface area contributed by atoms with Gasteiger partial charge in [0.05, 0.1) is 6.04 Å². The Morgan fingerprint density at radius 1 is 1.39 bits per heavy atom. The molecule has 0 aliphatic carbocycles. The van der Waals surface area contributed by atoms with E-state index in [1.54, 1.807) is 26.0 Å². The monoisotopic (exact) mass is 248 g/mol. The zero-order valence-corrected chi connectivity index (χ0v) is 11.1. The molecule has 2 rings (SSSR count).